The van der Waals surface area contributed by atoms with Gasteiger partial charge in [-0.3, -0.25) is 9.69 Å². The van der Waals surface area contributed by atoms with Crippen molar-refractivity contribution in [2.45, 2.75) is 6.42 Å². The van der Waals surface area contributed by atoms with E-state index in [2.05, 4.69) is 25.6 Å². The number of para-hydroxylation sites is 1. The molecule has 3 heterocycles. The minimum Gasteiger partial charge on any atom is -0.379 e. The van der Waals surface area contributed by atoms with Gasteiger partial charge in [0.15, 0.2) is 0 Å². The fourth-order valence-corrected chi connectivity index (χ4v) is 4.28. The maximum absolute atomic E-state index is 12.5. The molecule has 0 saturated carbocycles. The Labute approximate surface area is 208 Å². The highest BCUT2D eigenvalue weighted by Gasteiger charge is 2.12. The van der Waals surface area contributed by atoms with Crippen LogP contribution < -0.4 is 10.6 Å². The molecule has 0 bridgehead atoms. The van der Waals surface area contributed by atoms with Crippen molar-refractivity contribution in [2.24, 2.45) is 0 Å². The summed E-state index contributed by atoms with van der Waals surface area (Å²) in [5, 5.41) is 12.5. The van der Waals surface area contributed by atoms with Gasteiger partial charge in [-0.25, -0.2) is 9.67 Å². The number of hydrogen-bond donors (Lipinski definition) is 2. The predicted octanol–water partition coefficient (Wildman–Crippen LogP) is 4.27. The topological polar surface area (TPSA) is 84.3 Å². The first-order chi connectivity index (χ1) is 17.2. The molecule has 1 fully saturated rings. The number of fused-ring (bicyclic) bond motifs is 1. The van der Waals surface area contributed by atoms with Crippen LogP contribution in [0.4, 0.5) is 11.4 Å². The first-order valence-electron chi connectivity index (χ1n) is 11.7. The van der Waals surface area contributed by atoms with Crippen molar-refractivity contribution in [1.29, 1.82) is 0 Å². The van der Waals surface area contributed by atoms with Crippen molar-refractivity contribution in [3.8, 4) is 5.69 Å². The lowest BCUT2D eigenvalue weighted by Gasteiger charge is -2.26. The molecule has 5 rings (SSSR count). The van der Waals surface area contributed by atoms with E-state index in [1.54, 1.807) is 12.3 Å². The molecule has 1 aliphatic rings. The highest BCUT2D eigenvalue weighted by molar-refractivity contribution is 6.33. The third-order valence-electron chi connectivity index (χ3n) is 5.99. The molecular weight excluding hydrogens is 464 g/mol. The Hall–Kier alpha value is -3.46. The average Bonchev–Trinajstić information content (AvgIpc) is 3.32. The number of rotatable bonds is 8. The molecule has 2 aromatic heterocycles. The van der Waals surface area contributed by atoms with E-state index in [0.29, 0.717) is 17.3 Å². The molecule has 0 atom stereocenters. The second kappa shape index (κ2) is 10.9. The maximum Gasteiger partial charge on any atom is 0.269 e. The largest absolute Gasteiger partial charge is 0.379 e. The van der Waals surface area contributed by atoms with Gasteiger partial charge in [0.05, 0.1) is 47.5 Å². The zero-order chi connectivity index (χ0) is 24.0. The normalized spacial score (nSPS) is 14.2. The lowest BCUT2D eigenvalue weighted by Crippen LogP contribution is -2.38. The molecule has 8 nitrogen and oxygen atoms in total. The van der Waals surface area contributed by atoms with Crippen molar-refractivity contribution >= 4 is 39.8 Å². The summed E-state index contributed by atoms with van der Waals surface area (Å²) in [6.07, 6.45) is 4.38. The van der Waals surface area contributed by atoms with E-state index in [1.807, 2.05) is 59.4 Å². The van der Waals surface area contributed by atoms with Crippen molar-refractivity contribution < 1.29 is 9.53 Å². The van der Waals surface area contributed by atoms with Crippen LogP contribution in [0, 0.1) is 0 Å². The Morgan fingerprint density at radius 1 is 1.06 bits per heavy atom. The summed E-state index contributed by atoms with van der Waals surface area (Å²) in [5.74, 6) is -0.167. The third kappa shape index (κ3) is 5.62. The fraction of sp³-hybridized carbons (Fsp3) is 0.269. The van der Waals surface area contributed by atoms with E-state index in [0.717, 1.165) is 67.2 Å². The standard InChI is InChI=1S/C26H27ClN6O2/c27-22-4-1-2-5-23(22)31-20-6-9-25-19(16-20)17-30-33(25)21-7-8-24(29-18-21)26(34)28-10-3-11-32-12-14-35-15-13-32/h1-2,4-9,16-18,31H,3,10-15H2,(H,28,34). The van der Waals surface area contributed by atoms with E-state index in [-0.39, 0.29) is 5.91 Å². The van der Waals surface area contributed by atoms with Crippen LogP contribution in [-0.4, -0.2) is 65.0 Å². The minimum atomic E-state index is -0.167. The molecule has 0 aliphatic carbocycles. The van der Waals surface area contributed by atoms with Crippen molar-refractivity contribution in [1.82, 2.24) is 25.0 Å². The van der Waals surface area contributed by atoms with Gasteiger partial charge in [-0.1, -0.05) is 23.7 Å². The van der Waals surface area contributed by atoms with Gasteiger partial charge in [0.2, 0.25) is 0 Å². The molecule has 35 heavy (non-hydrogen) atoms. The Morgan fingerprint density at radius 2 is 1.91 bits per heavy atom. The van der Waals surface area contributed by atoms with Crippen molar-refractivity contribution in [3.63, 3.8) is 0 Å². The highest BCUT2D eigenvalue weighted by Crippen LogP contribution is 2.27. The van der Waals surface area contributed by atoms with E-state index in [1.165, 1.54) is 0 Å². The van der Waals surface area contributed by atoms with Crippen molar-refractivity contribution in [3.05, 3.63) is 77.7 Å². The van der Waals surface area contributed by atoms with Gasteiger partial charge in [-0.2, -0.15) is 5.10 Å². The SMILES string of the molecule is O=C(NCCCN1CCOCC1)c1ccc(-n2ncc3cc(Nc4ccccc4Cl)ccc32)cn1. The van der Waals surface area contributed by atoms with Crippen LogP contribution in [0.5, 0.6) is 0 Å². The van der Waals surface area contributed by atoms with E-state index in [4.69, 9.17) is 16.3 Å². The second-order valence-corrected chi connectivity index (χ2v) is 8.81. The van der Waals surface area contributed by atoms with Gasteiger partial charge in [-0.05, 0) is 55.4 Å². The zero-order valence-corrected chi connectivity index (χ0v) is 20.0. The number of nitrogens with zero attached hydrogens (tertiary/aromatic N) is 4. The van der Waals surface area contributed by atoms with E-state index >= 15 is 0 Å². The number of pyridine rings is 1. The molecule has 0 radical (unpaired) electrons. The number of hydrogen-bond acceptors (Lipinski definition) is 6. The number of benzene rings is 2. The van der Waals surface area contributed by atoms with Gasteiger partial charge < -0.3 is 15.4 Å². The fourth-order valence-electron chi connectivity index (χ4n) is 4.10. The summed E-state index contributed by atoms with van der Waals surface area (Å²) in [6.45, 7) is 5.06. The summed E-state index contributed by atoms with van der Waals surface area (Å²) in [6, 6.07) is 17.2. The molecule has 180 valence electrons. The van der Waals surface area contributed by atoms with E-state index in [9.17, 15) is 4.79 Å². The number of aromatic nitrogens is 3. The lowest BCUT2D eigenvalue weighted by atomic mass is 10.2. The van der Waals surface area contributed by atoms with Crippen LogP contribution >= 0.6 is 11.6 Å². The Kier molecular flexibility index (Phi) is 7.23. The Morgan fingerprint density at radius 3 is 2.71 bits per heavy atom. The summed E-state index contributed by atoms with van der Waals surface area (Å²) < 4.78 is 7.17. The van der Waals surface area contributed by atoms with Crippen molar-refractivity contribution in [2.75, 3.05) is 44.7 Å². The number of ether oxygens (including phenoxy) is 1. The lowest BCUT2D eigenvalue weighted by molar-refractivity contribution is 0.0374. The number of anilines is 2. The molecule has 1 amide bonds. The van der Waals surface area contributed by atoms with Gasteiger partial charge in [0.25, 0.3) is 5.91 Å². The predicted molar refractivity (Wildman–Crippen MR) is 138 cm³/mol. The molecule has 0 spiro atoms. The third-order valence-corrected chi connectivity index (χ3v) is 6.32. The van der Waals surface area contributed by atoms with Crippen LogP contribution in [0.1, 0.15) is 16.9 Å². The molecule has 2 N–H and O–H groups in total. The molecule has 1 saturated heterocycles. The Bertz CT molecular complexity index is 1300. The van der Waals surface area contributed by atoms with Gasteiger partial charge in [0.1, 0.15) is 5.69 Å². The van der Waals surface area contributed by atoms with Crippen LogP contribution in [0.3, 0.4) is 0 Å². The number of nitrogens with one attached hydrogen (secondary N) is 2. The number of carbonyl (C=O) groups excluding carboxylic acids is 1. The zero-order valence-electron chi connectivity index (χ0n) is 19.3. The quantitative estimate of drug-likeness (QED) is 0.359. The number of carbonyl (C=O) groups is 1. The number of morpholine rings is 1. The summed E-state index contributed by atoms with van der Waals surface area (Å²) in [7, 11) is 0. The summed E-state index contributed by atoms with van der Waals surface area (Å²) >= 11 is 6.26. The summed E-state index contributed by atoms with van der Waals surface area (Å²) in [4.78, 5) is 19.2. The van der Waals surface area contributed by atoms with Gasteiger partial charge in [-0.15, -0.1) is 0 Å². The number of halogens is 1. The molecule has 9 heteroatoms. The van der Waals surface area contributed by atoms with Crippen LogP contribution in [0.2, 0.25) is 5.02 Å². The molecule has 4 aromatic rings. The van der Waals surface area contributed by atoms with Gasteiger partial charge in [0, 0.05) is 30.7 Å². The first kappa shape index (κ1) is 23.3. The van der Waals surface area contributed by atoms with Crippen LogP contribution in [0.15, 0.2) is 67.0 Å². The maximum atomic E-state index is 12.5. The second-order valence-electron chi connectivity index (χ2n) is 8.40. The molecule has 0 unspecified atom stereocenters. The molecule has 2 aromatic carbocycles. The molecular formula is C26H27ClN6O2. The monoisotopic (exact) mass is 490 g/mol. The minimum absolute atomic E-state index is 0.167. The van der Waals surface area contributed by atoms with E-state index < -0.39 is 0 Å². The van der Waals surface area contributed by atoms with Crippen LogP contribution in [0.25, 0.3) is 16.6 Å². The number of amides is 1. The van der Waals surface area contributed by atoms with Gasteiger partial charge >= 0.3 is 0 Å². The average molecular weight is 491 g/mol. The molecule has 1 aliphatic heterocycles. The smallest absolute Gasteiger partial charge is 0.269 e. The summed E-state index contributed by atoms with van der Waals surface area (Å²) in [5.41, 5.74) is 3.89. The first-order valence-corrected chi connectivity index (χ1v) is 12.1. The Balaban J connectivity index is 1.20. The van der Waals surface area contributed by atoms with Crippen LogP contribution in [-0.2, 0) is 4.74 Å². The highest BCUT2D eigenvalue weighted by atomic mass is 35.5.